The van der Waals surface area contributed by atoms with E-state index in [1.807, 2.05) is 20.8 Å². The first-order valence-corrected chi connectivity index (χ1v) is 6.03. The Morgan fingerprint density at radius 3 is 2.31 bits per heavy atom. The van der Waals surface area contributed by atoms with E-state index in [2.05, 4.69) is 27.6 Å². The molecule has 0 saturated heterocycles. The lowest BCUT2D eigenvalue weighted by Crippen LogP contribution is -1.96. The second-order valence-corrected chi connectivity index (χ2v) is 5.00. The van der Waals surface area contributed by atoms with Crippen LogP contribution in [0.1, 0.15) is 17.2 Å². The summed E-state index contributed by atoms with van der Waals surface area (Å²) in [4.78, 5) is 14.6. The molecule has 2 N–H and O–H groups in total. The van der Waals surface area contributed by atoms with Crippen molar-refractivity contribution in [3.8, 4) is 10.6 Å². The van der Waals surface area contributed by atoms with E-state index in [4.69, 9.17) is 5.73 Å². The van der Waals surface area contributed by atoms with E-state index in [-0.39, 0.29) is 0 Å². The number of thiol groups is 1. The number of anilines is 1. The number of rotatable bonds is 1. The normalized spacial score (nSPS) is 10.8. The molecule has 6 heteroatoms. The van der Waals surface area contributed by atoms with E-state index in [0.29, 0.717) is 5.13 Å². The SMILES string of the molecule is Cc1nc(C)c(S)c(-c2sc(N)nc2C)n1. The van der Waals surface area contributed by atoms with Crippen LogP contribution in [0.15, 0.2) is 4.90 Å². The van der Waals surface area contributed by atoms with Crippen LogP contribution in [0.2, 0.25) is 0 Å². The third-order valence-electron chi connectivity index (χ3n) is 2.20. The largest absolute Gasteiger partial charge is 0.375 e. The van der Waals surface area contributed by atoms with Crippen molar-refractivity contribution in [1.82, 2.24) is 15.0 Å². The van der Waals surface area contributed by atoms with Crippen LogP contribution >= 0.6 is 24.0 Å². The van der Waals surface area contributed by atoms with Crippen LogP contribution in [0.25, 0.3) is 10.6 Å². The molecule has 0 saturated carbocycles. The fourth-order valence-corrected chi connectivity index (χ4v) is 2.62. The molecule has 2 heterocycles. The molecular formula is C10H12N4S2. The summed E-state index contributed by atoms with van der Waals surface area (Å²) in [6.07, 6.45) is 0. The van der Waals surface area contributed by atoms with Crippen molar-refractivity contribution in [3.63, 3.8) is 0 Å². The Morgan fingerprint density at radius 2 is 1.75 bits per heavy atom. The third kappa shape index (κ3) is 1.90. The highest BCUT2D eigenvalue weighted by Crippen LogP contribution is 2.34. The van der Waals surface area contributed by atoms with Crippen LogP contribution in [0.3, 0.4) is 0 Å². The first kappa shape index (κ1) is 11.3. The average Bonchev–Trinajstić information content (AvgIpc) is 2.51. The Bertz CT molecular complexity index is 548. The van der Waals surface area contributed by atoms with Crippen LogP contribution < -0.4 is 5.73 Å². The summed E-state index contributed by atoms with van der Waals surface area (Å²) in [5.41, 5.74) is 8.26. The number of thiazole rings is 1. The Balaban J connectivity index is 2.68. The first-order chi connectivity index (χ1) is 7.49. The molecule has 0 spiro atoms. The van der Waals surface area contributed by atoms with Gasteiger partial charge < -0.3 is 5.73 Å². The Kier molecular flexibility index (Phi) is 2.86. The molecule has 0 aliphatic rings. The number of aryl methyl sites for hydroxylation is 3. The van der Waals surface area contributed by atoms with Gasteiger partial charge in [-0.2, -0.15) is 0 Å². The van der Waals surface area contributed by atoms with Crippen molar-refractivity contribution in [1.29, 1.82) is 0 Å². The van der Waals surface area contributed by atoms with E-state index < -0.39 is 0 Å². The van der Waals surface area contributed by atoms with E-state index >= 15 is 0 Å². The van der Waals surface area contributed by atoms with Crippen molar-refractivity contribution in [2.75, 3.05) is 5.73 Å². The van der Waals surface area contributed by atoms with Gasteiger partial charge in [0.15, 0.2) is 5.13 Å². The molecule has 0 atom stereocenters. The molecule has 2 aromatic heterocycles. The molecule has 0 aliphatic carbocycles. The van der Waals surface area contributed by atoms with Gasteiger partial charge in [0.1, 0.15) is 5.82 Å². The van der Waals surface area contributed by atoms with Crippen LogP contribution in [-0.2, 0) is 0 Å². The van der Waals surface area contributed by atoms with Gasteiger partial charge in [0.25, 0.3) is 0 Å². The highest BCUT2D eigenvalue weighted by molar-refractivity contribution is 7.80. The van der Waals surface area contributed by atoms with Crippen LogP contribution in [0.5, 0.6) is 0 Å². The summed E-state index contributed by atoms with van der Waals surface area (Å²) >= 11 is 5.87. The summed E-state index contributed by atoms with van der Waals surface area (Å²) in [6.45, 7) is 5.70. The van der Waals surface area contributed by atoms with Crippen molar-refractivity contribution in [2.24, 2.45) is 0 Å². The number of hydrogen-bond acceptors (Lipinski definition) is 6. The highest BCUT2D eigenvalue weighted by Gasteiger charge is 2.14. The molecule has 0 radical (unpaired) electrons. The minimum atomic E-state index is 0.550. The second kappa shape index (κ2) is 4.03. The fraction of sp³-hybridized carbons (Fsp3) is 0.300. The summed E-state index contributed by atoms with van der Waals surface area (Å²) in [5, 5.41) is 0.550. The molecule has 0 unspecified atom stereocenters. The monoisotopic (exact) mass is 252 g/mol. The lowest BCUT2D eigenvalue weighted by Gasteiger charge is -2.06. The van der Waals surface area contributed by atoms with Crippen molar-refractivity contribution in [2.45, 2.75) is 25.7 Å². The predicted molar refractivity (Wildman–Crippen MR) is 69.0 cm³/mol. The lowest BCUT2D eigenvalue weighted by atomic mass is 10.2. The smallest absolute Gasteiger partial charge is 0.180 e. The molecule has 16 heavy (non-hydrogen) atoms. The minimum Gasteiger partial charge on any atom is -0.375 e. The number of nitrogen functional groups attached to an aromatic ring is 1. The topological polar surface area (TPSA) is 64.7 Å². The molecule has 2 aromatic rings. The van der Waals surface area contributed by atoms with Gasteiger partial charge in [-0.15, -0.1) is 12.6 Å². The zero-order valence-corrected chi connectivity index (χ0v) is 11.0. The van der Waals surface area contributed by atoms with Crippen molar-refractivity contribution >= 4 is 29.1 Å². The minimum absolute atomic E-state index is 0.550. The molecular weight excluding hydrogens is 240 g/mol. The molecule has 0 aromatic carbocycles. The van der Waals surface area contributed by atoms with Gasteiger partial charge in [0.2, 0.25) is 0 Å². The van der Waals surface area contributed by atoms with Gasteiger partial charge in [0, 0.05) is 0 Å². The van der Waals surface area contributed by atoms with Crippen molar-refractivity contribution < 1.29 is 0 Å². The zero-order valence-electron chi connectivity index (χ0n) is 9.27. The van der Waals surface area contributed by atoms with Gasteiger partial charge in [-0.25, -0.2) is 15.0 Å². The van der Waals surface area contributed by atoms with Gasteiger partial charge in [-0.3, -0.25) is 0 Å². The first-order valence-electron chi connectivity index (χ1n) is 4.76. The summed E-state index contributed by atoms with van der Waals surface area (Å²) < 4.78 is 0. The molecule has 84 valence electrons. The van der Waals surface area contributed by atoms with Crippen LogP contribution in [-0.4, -0.2) is 15.0 Å². The van der Waals surface area contributed by atoms with E-state index in [1.165, 1.54) is 11.3 Å². The van der Waals surface area contributed by atoms with Gasteiger partial charge in [-0.1, -0.05) is 11.3 Å². The molecule has 4 nitrogen and oxygen atoms in total. The van der Waals surface area contributed by atoms with E-state index in [0.717, 1.165) is 32.7 Å². The second-order valence-electron chi connectivity index (χ2n) is 3.52. The quantitative estimate of drug-likeness (QED) is 0.765. The summed E-state index contributed by atoms with van der Waals surface area (Å²) in [7, 11) is 0. The number of aromatic nitrogens is 3. The predicted octanol–water partition coefficient (Wildman–Crippen LogP) is 2.40. The van der Waals surface area contributed by atoms with E-state index in [1.54, 1.807) is 0 Å². The molecule has 0 fully saturated rings. The molecule has 0 aliphatic heterocycles. The average molecular weight is 252 g/mol. The maximum atomic E-state index is 5.68. The van der Waals surface area contributed by atoms with E-state index in [9.17, 15) is 0 Å². The number of nitrogens with two attached hydrogens (primary N) is 1. The van der Waals surface area contributed by atoms with Crippen LogP contribution in [0, 0.1) is 20.8 Å². The standard InChI is InChI=1S/C10H12N4S2/c1-4-8(15)7(14-6(3)12-4)9-5(2)13-10(11)16-9/h15H,1-3H3,(H2,11,13). The van der Waals surface area contributed by atoms with Gasteiger partial charge >= 0.3 is 0 Å². The Hall–Kier alpha value is -1.14. The van der Waals surface area contributed by atoms with Gasteiger partial charge in [-0.05, 0) is 20.8 Å². The van der Waals surface area contributed by atoms with Crippen LogP contribution in [0.4, 0.5) is 5.13 Å². The highest BCUT2D eigenvalue weighted by atomic mass is 32.1. The molecule has 0 amide bonds. The third-order valence-corrected chi connectivity index (χ3v) is 3.73. The zero-order chi connectivity index (χ0) is 11.9. The summed E-state index contributed by atoms with van der Waals surface area (Å²) in [6, 6.07) is 0. The Labute approximate surface area is 103 Å². The molecule has 0 bridgehead atoms. The fourth-order valence-electron chi connectivity index (χ4n) is 1.50. The maximum absolute atomic E-state index is 5.68. The maximum Gasteiger partial charge on any atom is 0.180 e. The molecule has 2 rings (SSSR count). The van der Waals surface area contributed by atoms with Crippen molar-refractivity contribution in [3.05, 3.63) is 17.2 Å². The number of hydrogen-bond donors (Lipinski definition) is 2. The van der Waals surface area contributed by atoms with Gasteiger partial charge in [0.05, 0.1) is 26.9 Å². The lowest BCUT2D eigenvalue weighted by molar-refractivity contribution is 0.968. The number of nitrogens with zero attached hydrogens (tertiary/aromatic N) is 3. The summed E-state index contributed by atoms with van der Waals surface area (Å²) in [5.74, 6) is 0.733. The Morgan fingerprint density at radius 1 is 1.06 bits per heavy atom.